The molecule has 0 saturated carbocycles. The first-order valence-corrected chi connectivity index (χ1v) is 7.51. The lowest BCUT2D eigenvalue weighted by atomic mass is 10.1. The topological polar surface area (TPSA) is 52.7 Å². The molecule has 1 atom stereocenters. The van der Waals surface area contributed by atoms with Gasteiger partial charge in [-0.1, -0.05) is 12.1 Å². The first-order chi connectivity index (χ1) is 9.61. The maximum Gasteiger partial charge on any atom is 0.0446 e. The van der Waals surface area contributed by atoms with Crippen molar-refractivity contribution in [1.82, 2.24) is 4.90 Å². The number of nitrogens with two attached hydrogens (primary N) is 1. The van der Waals surface area contributed by atoms with E-state index >= 15 is 0 Å². The number of aliphatic hydroxyl groups is 1. The Morgan fingerprint density at radius 1 is 1.20 bits per heavy atom. The van der Waals surface area contributed by atoms with Gasteiger partial charge in [0.25, 0.3) is 0 Å². The van der Waals surface area contributed by atoms with Crippen LogP contribution in [-0.2, 0) is 0 Å². The number of aliphatic hydroxyl groups excluding tert-OH is 1. The predicted molar refractivity (Wildman–Crippen MR) is 84.2 cm³/mol. The van der Waals surface area contributed by atoms with Gasteiger partial charge in [0.05, 0.1) is 0 Å². The van der Waals surface area contributed by atoms with Crippen molar-refractivity contribution in [3.8, 4) is 0 Å². The minimum atomic E-state index is 0.0901. The molecule has 0 aromatic heterocycles. The normalized spacial score (nSPS) is 18.3. The summed E-state index contributed by atoms with van der Waals surface area (Å²) in [6.07, 6.45) is 0.692. The maximum atomic E-state index is 8.91. The molecule has 1 heterocycles. The van der Waals surface area contributed by atoms with Crippen LogP contribution >= 0.6 is 0 Å². The lowest BCUT2D eigenvalue weighted by Crippen LogP contribution is -2.50. The Hall–Kier alpha value is -1.10. The number of aryl methyl sites for hydroxylation is 1. The molecule has 0 spiro atoms. The van der Waals surface area contributed by atoms with Gasteiger partial charge < -0.3 is 15.7 Å². The van der Waals surface area contributed by atoms with Crippen LogP contribution in [0.4, 0.5) is 5.69 Å². The Morgan fingerprint density at radius 2 is 1.90 bits per heavy atom. The highest BCUT2D eigenvalue weighted by atomic mass is 16.3. The van der Waals surface area contributed by atoms with Gasteiger partial charge in [0.1, 0.15) is 0 Å². The Morgan fingerprint density at radius 3 is 2.55 bits per heavy atom. The minimum absolute atomic E-state index is 0.0901. The van der Waals surface area contributed by atoms with Gasteiger partial charge in [-0.3, -0.25) is 4.90 Å². The average molecular weight is 277 g/mol. The maximum absolute atomic E-state index is 8.91. The first kappa shape index (κ1) is 15.3. The number of hydrogen-bond acceptors (Lipinski definition) is 4. The van der Waals surface area contributed by atoms with Gasteiger partial charge in [-0.05, 0) is 37.5 Å². The molecule has 0 bridgehead atoms. The summed E-state index contributed by atoms with van der Waals surface area (Å²) in [5.41, 5.74) is 10.1. The summed E-state index contributed by atoms with van der Waals surface area (Å²) in [5, 5.41) is 8.91. The summed E-state index contributed by atoms with van der Waals surface area (Å²) in [5.74, 6) is 0. The molecular formula is C16H27N3O. The molecule has 4 heteroatoms. The molecule has 1 fully saturated rings. The van der Waals surface area contributed by atoms with Gasteiger partial charge in [0.15, 0.2) is 0 Å². The van der Waals surface area contributed by atoms with Crippen molar-refractivity contribution in [3.05, 3.63) is 29.3 Å². The monoisotopic (exact) mass is 277 g/mol. The molecule has 1 unspecified atom stereocenters. The van der Waals surface area contributed by atoms with E-state index in [1.54, 1.807) is 0 Å². The van der Waals surface area contributed by atoms with Crippen LogP contribution in [0.1, 0.15) is 17.5 Å². The number of nitrogens with zero attached hydrogens (tertiary/aromatic N) is 2. The third-order valence-electron chi connectivity index (χ3n) is 4.28. The van der Waals surface area contributed by atoms with E-state index in [1.165, 1.54) is 16.8 Å². The van der Waals surface area contributed by atoms with E-state index in [2.05, 4.69) is 41.8 Å². The zero-order valence-corrected chi connectivity index (χ0v) is 12.7. The van der Waals surface area contributed by atoms with Crippen LogP contribution in [0.5, 0.6) is 0 Å². The smallest absolute Gasteiger partial charge is 0.0446 e. The largest absolute Gasteiger partial charge is 0.396 e. The molecule has 112 valence electrons. The predicted octanol–water partition coefficient (Wildman–Crippen LogP) is 1.14. The molecule has 0 amide bonds. The highest BCUT2D eigenvalue weighted by molar-refractivity contribution is 5.56. The van der Waals surface area contributed by atoms with Gasteiger partial charge in [-0.15, -0.1) is 0 Å². The molecule has 1 aliphatic heterocycles. The van der Waals surface area contributed by atoms with Crippen molar-refractivity contribution in [2.24, 2.45) is 5.73 Å². The van der Waals surface area contributed by atoms with Crippen molar-refractivity contribution in [2.75, 3.05) is 44.2 Å². The van der Waals surface area contributed by atoms with Crippen molar-refractivity contribution in [3.63, 3.8) is 0 Å². The number of benzene rings is 1. The minimum Gasteiger partial charge on any atom is -0.396 e. The Balaban J connectivity index is 1.89. The van der Waals surface area contributed by atoms with Gasteiger partial charge in [0.2, 0.25) is 0 Å². The highest BCUT2D eigenvalue weighted by Gasteiger charge is 2.19. The summed E-state index contributed by atoms with van der Waals surface area (Å²) in [7, 11) is 0. The second kappa shape index (κ2) is 7.07. The fourth-order valence-electron chi connectivity index (χ4n) is 2.84. The van der Waals surface area contributed by atoms with E-state index in [4.69, 9.17) is 10.8 Å². The van der Waals surface area contributed by atoms with E-state index in [0.717, 1.165) is 32.7 Å². The number of hydrogen-bond donors (Lipinski definition) is 2. The standard InChI is InChI=1S/C16H27N3O/c1-13-4-3-5-16(14(13)2)19-9-7-18(8-10-19)12-15(17)6-11-20/h3-5,15,20H,6-12,17H2,1-2H3. The molecular weight excluding hydrogens is 250 g/mol. The summed E-state index contributed by atoms with van der Waals surface area (Å²) in [4.78, 5) is 4.87. The summed E-state index contributed by atoms with van der Waals surface area (Å²) < 4.78 is 0. The molecule has 1 aliphatic rings. The molecule has 0 aliphatic carbocycles. The zero-order chi connectivity index (χ0) is 14.5. The van der Waals surface area contributed by atoms with Crippen LogP contribution < -0.4 is 10.6 Å². The fraction of sp³-hybridized carbons (Fsp3) is 0.625. The Kier molecular flexibility index (Phi) is 5.40. The van der Waals surface area contributed by atoms with Crippen molar-refractivity contribution >= 4 is 5.69 Å². The van der Waals surface area contributed by atoms with Crippen molar-refractivity contribution < 1.29 is 5.11 Å². The number of rotatable bonds is 5. The van der Waals surface area contributed by atoms with Crippen LogP contribution in [0.25, 0.3) is 0 Å². The van der Waals surface area contributed by atoms with Gasteiger partial charge >= 0.3 is 0 Å². The summed E-state index contributed by atoms with van der Waals surface area (Å²) >= 11 is 0. The second-order valence-corrected chi connectivity index (χ2v) is 5.78. The molecule has 1 saturated heterocycles. The van der Waals surface area contributed by atoms with Crippen LogP contribution in [0.3, 0.4) is 0 Å². The van der Waals surface area contributed by atoms with E-state index in [-0.39, 0.29) is 12.6 Å². The fourth-order valence-corrected chi connectivity index (χ4v) is 2.84. The van der Waals surface area contributed by atoms with E-state index in [1.807, 2.05) is 0 Å². The van der Waals surface area contributed by atoms with Gasteiger partial charge in [-0.25, -0.2) is 0 Å². The first-order valence-electron chi connectivity index (χ1n) is 7.51. The average Bonchev–Trinajstić information content (AvgIpc) is 2.43. The van der Waals surface area contributed by atoms with Crippen molar-refractivity contribution in [2.45, 2.75) is 26.3 Å². The van der Waals surface area contributed by atoms with E-state index < -0.39 is 0 Å². The lowest BCUT2D eigenvalue weighted by Gasteiger charge is -2.38. The highest BCUT2D eigenvalue weighted by Crippen LogP contribution is 2.23. The zero-order valence-electron chi connectivity index (χ0n) is 12.7. The molecule has 4 nitrogen and oxygen atoms in total. The van der Waals surface area contributed by atoms with Crippen molar-refractivity contribution in [1.29, 1.82) is 0 Å². The lowest BCUT2D eigenvalue weighted by molar-refractivity contribution is 0.216. The molecule has 20 heavy (non-hydrogen) atoms. The van der Waals surface area contributed by atoms with Crippen LogP contribution in [0.2, 0.25) is 0 Å². The van der Waals surface area contributed by atoms with Crippen LogP contribution in [0.15, 0.2) is 18.2 Å². The summed E-state index contributed by atoms with van der Waals surface area (Å²) in [6, 6.07) is 6.62. The van der Waals surface area contributed by atoms with E-state index in [0.29, 0.717) is 6.42 Å². The van der Waals surface area contributed by atoms with Gasteiger partial charge in [0, 0.05) is 51.1 Å². The van der Waals surface area contributed by atoms with Crippen LogP contribution in [-0.4, -0.2) is 55.4 Å². The third kappa shape index (κ3) is 3.72. The van der Waals surface area contributed by atoms with Gasteiger partial charge in [-0.2, -0.15) is 0 Å². The third-order valence-corrected chi connectivity index (χ3v) is 4.28. The SMILES string of the molecule is Cc1cccc(N2CCN(CC(N)CCO)CC2)c1C. The Bertz CT molecular complexity index is 428. The summed E-state index contributed by atoms with van der Waals surface area (Å²) in [6.45, 7) is 9.65. The molecule has 0 radical (unpaired) electrons. The molecule has 1 aromatic rings. The van der Waals surface area contributed by atoms with E-state index in [9.17, 15) is 0 Å². The van der Waals surface area contributed by atoms with Crippen LogP contribution in [0, 0.1) is 13.8 Å². The number of anilines is 1. The quantitative estimate of drug-likeness (QED) is 0.847. The number of piperazine rings is 1. The molecule has 2 rings (SSSR count). The second-order valence-electron chi connectivity index (χ2n) is 5.78. The molecule has 1 aromatic carbocycles. The Labute approximate surface area is 122 Å². The molecule has 3 N–H and O–H groups in total.